The largest absolute Gasteiger partial charge is 0.389 e. The van der Waals surface area contributed by atoms with Crippen LogP contribution < -0.4 is 0 Å². The zero-order valence-corrected chi connectivity index (χ0v) is 14.0. The second-order valence-corrected chi connectivity index (χ2v) is 9.39. The fraction of sp³-hybridized carbons (Fsp3) is 0.769. The lowest BCUT2D eigenvalue weighted by Crippen LogP contribution is -2.36. The van der Waals surface area contributed by atoms with Crippen LogP contribution in [0.25, 0.3) is 0 Å². The minimum absolute atomic E-state index is 0.00150. The molecule has 0 aliphatic heterocycles. The molecule has 0 aromatic rings. The van der Waals surface area contributed by atoms with Gasteiger partial charge in [0.1, 0.15) is 0 Å². The van der Waals surface area contributed by atoms with Gasteiger partial charge < -0.3 is 9.05 Å². The lowest BCUT2D eigenvalue weighted by atomic mass is 9.77. The van der Waals surface area contributed by atoms with Gasteiger partial charge in [0.2, 0.25) is 0 Å². The highest BCUT2D eigenvalue weighted by Crippen LogP contribution is 2.65. The van der Waals surface area contributed by atoms with E-state index in [4.69, 9.17) is 9.05 Å². The van der Waals surface area contributed by atoms with Crippen molar-refractivity contribution < 1.29 is 18.4 Å². The van der Waals surface area contributed by atoms with Crippen molar-refractivity contribution >= 4 is 24.0 Å². The molecule has 0 radical (unpaired) electrons. The molecule has 0 heterocycles. The molecule has 19 heavy (non-hydrogen) atoms. The van der Waals surface area contributed by atoms with Crippen molar-refractivity contribution in [1.82, 2.24) is 0 Å². The zero-order valence-electron chi connectivity index (χ0n) is 12.3. The topological polar surface area (TPSA) is 52.6 Å². The number of allylic oxidation sites excluding steroid dienone is 2. The van der Waals surface area contributed by atoms with Crippen LogP contribution in [0.2, 0.25) is 0 Å². The van der Waals surface area contributed by atoms with Gasteiger partial charge in [-0.2, -0.15) is 0 Å². The average Bonchev–Trinajstić information content (AvgIpc) is 2.23. The molecule has 0 aromatic carbocycles. The first-order valence-corrected chi connectivity index (χ1v) is 9.55. The summed E-state index contributed by atoms with van der Waals surface area (Å²) in [6.45, 7) is 6.87. The summed E-state index contributed by atoms with van der Waals surface area (Å²) in [5.41, 5.74) is 0.819. The Balaban J connectivity index is 2.95. The van der Waals surface area contributed by atoms with E-state index in [1.807, 2.05) is 20.8 Å². The van der Waals surface area contributed by atoms with Crippen LogP contribution in [-0.4, -0.2) is 24.2 Å². The van der Waals surface area contributed by atoms with E-state index < -0.39 is 6.80 Å². The van der Waals surface area contributed by atoms with Crippen LogP contribution in [0.15, 0.2) is 11.6 Å². The van der Waals surface area contributed by atoms with E-state index in [1.165, 1.54) is 0 Å². The Kier molecular flexibility index (Phi) is 5.87. The lowest BCUT2D eigenvalue weighted by Gasteiger charge is -2.36. The Morgan fingerprint density at radius 1 is 1.37 bits per heavy atom. The molecule has 0 saturated carbocycles. The maximum absolute atomic E-state index is 12.5. The Hall–Kier alpha value is -0.0900. The summed E-state index contributed by atoms with van der Waals surface area (Å²) in [6.07, 6.45) is 2.46. The predicted molar refractivity (Wildman–Crippen MR) is 79.4 cm³/mol. The molecule has 1 atom stereocenters. The molecule has 0 bridgehead atoms. The average molecular weight is 306 g/mol. The molecule has 0 spiro atoms. The summed E-state index contributed by atoms with van der Waals surface area (Å²) in [6, 6.07) is 0. The lowest BCUT2D eigenvalue weighted by molar-refractivity contribution is -0.116. The summed E-state index contributed by atoms with van der Waals surface area (Å²) < 4.78 is 23.1. The van der Waals surface area contributed by atoms with Crippen molar-refractivity contribution in [1.29, 1.82) is 0 Å². The van der Waals surface area contributed by atoms with Gasteiger partial charge in [0.05, 0.1) is 18.5 Å². The number of hydrogen-bond donors (Lipinski definition) is 0. The number of carbonyl (C=O) groups is 1. The molecule has 0 aromatic heterocycles. The molecule has 0 amide bonds. The van der Waals surface area contributed by atoms with Crippen LogP contribution in [0.4, 0.5) is 0 Å². The predicted octanol–water partition coefficient (Wildman–Crippen LogP) is 4.21. The molecule has 0 saturated heterocycles. The van der Waals surface area contributed by atoms with Crippen LogP contribution in [0, 0.1) is 5.41 Å². The molecule has 4 nitrogen and oxygen atoms in total. The first-order chi connectivity index (χ1) is 8.74. The van der Waals surface area contributed by atoms with E-state index in [0.29, 0.717) is 13.2 Å². The quantitative estimate of drug-likeness (QED) is 0.688. The third-order valence-corrected chi connectivity index (χ3v) is 7.43. The summed E-state index contributed by atoms with van der Waals surface area (Å²) in [7, 11) is 0. The van der Waals surface area contributed by atoms with Gasteiger partial charge in [-0.25, -0.2) is 4.57 Å². The molecule has 110 valence electrons. The number of rotatable bonds is 6. The van der Waals surface area contributed by atoms with Crippen LogP contribution >= 0.6 is 18.2 Å². The molecule has 1 aliphatic carbocycles. The van der Waals surface area contributed by atoms with Gasteiger partial charge in [-0.05, 0) is 50.1 Å². The minimum atomic E-state index is -3.26. The zero-order chi connectivity index (χ0) is 14.7. The van der Waals surface area contributed by atoms with Crippen LogP contribution in [0.1, 0.15) is 41.0 Å². The van der Waals surface area contributed by atoms with E-state index in [9.17, 15) is 9.36 Å². The molecule has 0 N–H and O–H groups in total. The van der Waals surface area contributed by atoms with E-state index >= 15 is 0 Å². The van der Waals surface area contributed by atoms with Crippen LogP contribution in [-0.2, 0) is 18.4 Å². The first kappa shape index (κ1) is 17.0. The monoisotopic (exact) mass is 306 g/mol. The summed E-state index contributed by atoms with van der Waals surface area (Å²) in [5, 5.41) is -0.389. The fourth-order valence-electron chi connectivity index (χ4n) is 2.30. The normalized spacial score (nSPS) is 23.3. The van der Waals surface area contributed by atoms with Crippen LogP contribution in [0.5, 0.6) is 0 Å². The van der Waals surface area contributed by atoms with E-state index in [-0.39, 0.29) is 16.4 Å². The highest BCUT2D eigenvalue weighted by Gasteiger charge is 2.43. The Bertz CT molecular complexity index is 407. The Labute approximate surface area is 119 Å². The van der Waals surface area contributed by atoms with Crippen molar-refractivity contribution in [2.45, 2.75) is 46.3 Å². The molecular weight excluding hydrogens is 283 g/mol. The second-order valence-electron chi connectivity index (χ2n) is 5.33. The van der Waals surface area contributed by atoms with E-state index in [0.717, 1.165) is 23.4 Å². The minimum Gasteiger partial charge on any atom is -0.301 e. The molecule has 1 rings (SSSR count). The number of ketones is 1. The van der Waals surface area contributed by atoms with Gasteiger partial charge in [-0.15, -0.1) is 0 Å². The summed E-state index contributed by atoms with van der Waals surface area (Å²) in [4.78, 5) is 12.2. The molecule has 1 unspecified atom stereocenters. The number of carbonyl (C=O) groups excluding carboxylic acids is 1. The van der Waals surface area contributed by atoms with Crippen molar-refractivity contribution in [3.63, 3.8) is 0 Å². The first-order valence-electron chi connectivity index (χ1n) is 6.52. The molecule has 0 fully saturated rings. The Morgan fingerprint density at radius 3 is 2.32 bits per heavy atom. The molecular formula is C13H23O4PS. The number of hydrogen-bond acceptors (Lipinski definition) is 5. The van der Waals surface area contributed by atoms with E-state index in [1.54, 1.807) is 19.9 Å². The third-order valence-electron chi connectivity index (χ3n) is 2.90. The molecule has 1 aliphatic rings. The van der Waals surface area contributed by atoms with Gasteiger partial charge in [0.25, 0.3) is 0 Å². The van der Waals surface area contributed by atoms with Gasteiger partial charge in [-0.3, -0.25) is 4.79 Å². The molecule has 6 heteroatoms. The maximum Gasteiger partial charge on any atom is 0.389 e. The standard InChI is InChI=1S/C13H23O4PS/c1-6-16-18(15,17-7-2)19-12-11(14)8-10(3)9-13(12,4)5/h8,12H,6-7,9H2,1-5H3. The smallest absolute Gasteiger partial charge is 0.301 e. The van der Waals surface area contributed by atoms with Gasteiger partial charge in [-0.1, -0.05) is 19.4 Å². The van der Waals surface area contributed by atoms with Gasteiger partial charge in [0, 0.05) is 0 Å². The third kappa shape index (κ3) is 4.45. The highest BCUT2D eigenvalue weighted by molar-refractivity contribution is 8.55. The van der Waals surface area contributed by atoms with E-state index in [2.05, 4.69) is 0 Å². The van der Waals surface area contributed by atoms with Crippen LogP contribution in [0.3, 0.4) is 0 Å². The SMILES string of the molecule is CCOP(=O)(OCC)SC1C(=O)C=C(C)CC1(C)C. The summed E-state index contributed by atoms with van der Waals surface area (Å²) in [5.74, 6) is -0.00150. The summed E-state index contributed by atoms with van der Waals surface area (Å²) >= 11 is 1.05. The van der Waals surface area contributed by atoms with Crippen molar-refractivity contribution in [2.24, 2.45) is 5.41 Å². The highest BCUT2D eigenvalue weighted by atomic mass is 32.7. The Morgan fingerprint density at radius 2 is 1.89 bits per heavy atom. The maximum atomic E-state index is 12.5. The second kappa shape index (κ2) is 6.57. The van der Waals surface area contributed by atoms with Gasteiger partial charge in [0.15, 0.2) is 5.78 Å². The van der Waals surface area contributed by atoms with Crippen molar-refractivity contribution in [3.8, 4) is 0 Å². The van der Waals surface area contributed by atoms with Gasteiger partial charge >= 0.3 is 6.80 Å². The van der Waals surface area contributed by atoms with Crippen molar-refractivity contribution in [3.05, 3.63) is 11.6 Å². The fourth-order valence-corrected chi connectivity index (χ4v) is 6.87. The van der Waals surface area contributed by atoms with Crippen molar-refractivity contribution in [2.75, 3.05) is 13.2 Å².